The highest BCUT2D eigenvalue weighted by molar-refractivity contribution is 7.17. The van der Waals surface area contributed by atoms with Crippen molar-refractivity contribution in [2.75, 3.05) is 0 Å². The molecule has 5 heteroatoms. The van der Waals surface area contributed by atoms with Gasteiger partial charge in [0.2, 0.25) is 0 Å². The zero-order valence-corrected chi connectivity index (χ0v) is 10.5. The molecule has 1 atom stereocenters. The standard InChI is InChI=1S/C12H10N2OS2/c15-11(10-6-13-17-14-10)5-8-7-16-12-4-2-1-3-9(8)12/h1-4,6-7,11,15H,5H2. The molecule has 0 aliphatic rings. The van der Waals surface area contributed by atoms with Crippen LogP contribution in [-0.2, 0) is 6.42 Å². The van der Waals surface area contributed by atoms with E-state index in [-0.39, 0.29) is 0 Å². The quantitative estimate of drug-likeness (QED) is 0.789. The van der Waals surface area contributed by atoms with Crippen LogP contribution in [0.3, 0.4) is 0 Å². The molecule has 17 heavy (non-hydrogen) atoms. The lowest BCUT2D eigenvalue weighted by Gasteiger charge is -2.05. The molecular weight excluding hydrogens is 252 g/mol. The van der Waals surface area contributed by atoms with Gasteiger partial charge in [-0.1, -0.05) is 18.2 Å². The molecule has 1 unspecified atom stereocenters. The van der Waals surface area contributed by atoms with E-state index >= 15 is 0 Å². The number of nitrogens with zero attached hydrogens (tertiary/aromatic N) is 2. The molecule has 0 fully saturated rings. The van der Waals surface area contributed by atoms with E-state index in [1.54, 1.807) is 17.5 Å². The summed E-state index contributed by atoms with van der Waals surface area (Å²) in [6.45, 7) is 0. The summed E-state index contributed by atoms with van der Waals surface area (Å²) in [5, 5.41) is 13.4. The van der Waals surface area contributed by atoms with E-state index in [2.05, 4.69) is 26.3 Å². The first-order chi connectivity index (χ1) is 8.34. The van der Waals surface area contributed by atoms with Gasteiger partial charge in [0, 0.05) is 11.1 Å². The van der Waals surface area contributed by atoms with Crippen LogP contribution in [0.4, 0.5) is 0 Å². The monoisotopic (exact) mass is 262 g/mol. The minimum absolute atomic E-state index is 0.563. The number of rotatable bonds is 3. The molecule has 0 amide bonds. The van der Waals surface area contributed by atoms with Crippen LogP contribution < -0.4 is 0 Å². The van der Waals surface area contributed by atoms with Gasteiger partial charge in [0.05, 0.1) is 17.9 Å². The van der Waals surface area contributed by atoms with Crippen molar-refractivity contribution < 1.29 is 5.11 Å². The van der Waals surface area contributed by atoms with Gasteiger partial charge in [-0.2, -0.15) is 8.75 Å². The Balaban J connectivity index is 1.90. The Morgan fingerprint density at radius 2 is 2.18 bits per heavy atom. The number of aromatic nitrogens is 2. The third-order valence-electron chi connectivity index (χ3n) is 2.69. The summed E-state index contributed by atoms with van der Waals surface area (Å²) in [7, 11) is 0. The number of aliphatic hydroxyl groups is 1. The van der Waals surface area contributed by atoms with Crippen molar-refractivity contribution in [2.24, 2.45) is 0 Å². The number of benzene rings is 1. The molecule has 3 nitrogen and oxygen atoms in total. The first kappa shape index (κ1) is 10.8. The van der Waals surface area contributed by atoms with Crippen molar-refractivity contribution in [3.63, 3.8) is 0 Å². The number of hydrogen-bond acceptors (Lipinski definition) is 5. The van der Waals surface area contributed by atoms with E-state index in [0.717, 1.165) is 11.7 Å². The fourth-order valence-corrected chi connectivity index (χ4v) is 3.26. The summed E-state index contributed by atoms with van der Waals surface area (Å²) in [6.07, 6.45) is 1.66. The van der Waals surface area contributed by atoms with Gasteiger partial charge in [0.25, 0.3) is 0 Å². The number of thiophene rings is 1. The molecule has 3 aromatic rings. The van der Waals surface area contributed by atoms with Crippen molar-refractivity contribution in [1.82, 2.24) is 8.75 Å². The number of hydrogen-bond donors (Lipinski definition) is 1. The Morgan fingerprint density at radius 3 is 3.00 bits per heavy atom. The van der Waals surface area contributed by atoms with Gasteiger partial charge in [-0.3, -0.25) is 0 Å². The maximum Gasteiger partial charge on any atom is 0.103 e. The fraction of sp³-hybridized carbons (Fsp3) is 0.167. The molecule has 0 aliphatic heterocycles. The lowest BCUT2D eigenvalue weighted by molar-refractivity contribution is 0.175. The summed E-state index contributed by atoms with van der Waals surface area (Å²) < 4.78 is 9.22. The van der Waals surface area contributed by atoms with E-state index < -0.39 is 6.10 Å². The Bertz CT molecular complexity index is 618. The van der Waals surface area contributed by atoms with Crippen molar-refractivity contribution >= 4 is 33.2 Å². The molecule has 86 valence electrons. The molecule has 0 saturated carbocycles. The van der Waals surface area contributed by atoms with E-state index in [1.165, 1.54) is 15.6 Å². The van der Waals surface area contributed by atoms with Crippen LogP contribution in [0, 0.1) is 0 Å². The topological polar surface area (TPSA) is 46.0 Å². The largest absolute Gasteiger partial charge is 0.386 e. The second-order valence-corrected chi connectivity index (χ2v) is 5.28. The smallest absolute Gasteiger partial charge is 0.103 e. The summed E-state index contributed by atoms with van der Waals surface area (Å²) in [5.41, 5.74) is 1.83. The lowest BCUT2D eigenvalue weighted by atomic mass is 10.1. The normalized spacial score (nSPS) is 13.0. The molecule has 0 bridgehead atoms. The molecule has 2 heterocycles. The average Bonchev–Trinajstić information content (AvgIpc) is 2.98. The van der Waals surface area contributed by atoms with Gasteiger partial charge >= 0.3 is 0 Å². The predicted molar refractivity (Wildman–Crippen MR) is 70.4 cm³/mol. The molecule has 0 radical (unpaired) electrons. The first-order valence-corrected chi connectivity index (χ1v) is 6.86. The van der Waals surface area contributed by atoms with Crippen LogP contribution in [0.2, 0.25) is 0 Å². The van der Waals surface area contributed by atoms with Crippen molar-refractivity contribution in [3.05, 3.63) is 47.1 Å². The Hall–Kier alpha value is -1.30. The minimum atomic E-state index is -0.563. The SMILES string of the molecule is OC(Cc1csc2ccccc12)c1cnsn1. The van der Waals surface area contributed by atoms with Crippen LogP contribution >= 0.6 is 23.1 Å². The van der Waals surface area contributed by atoms with Crippen molar-refractivity contribution in [2.45, 2.75) is 12.5 Å². The Kier molecular flexibility index (Phi) is 2.88. The van der Waals surface area contributed by atoms with Gasteiger partial charge in [-0.25, -0.2) is 0 Å². The van der Waals surface area contributed by atoms with Crippen molar-refractivity contribution in [3.8, 4) is 0 Å². The van der Waals surface area contributed by atoms with Crippen LogP contribution in [-0.4, -0.2) is 13.9 Å². The molecule has 0 aliphatic carbocycles. The molecule has 2 aromatic heterocycles. The summed E-state index contributed by atoms with van der Waals surface area (Å²) in [5.74, 6) is 0. The van der Waals surface area contributed by atoms with E-state index in [0.29, 0.717) is 12.1 Å². The zero-order valence-electron chi connectivity index (χ0n) is 8.91. The minimum Gasteiger partial charge on any atom is -0.386 e. The Morgan fingerprint density at radius 1 is 1.29 bits per heavy atom. The number of aliphatic hydroxyl groups excluding tert-OH is 1. The fourth-order valence-electron chi connectivity index (χ4n) is 1.82. The van der Waals surface area contributed by atoms with Gasteiger partial charge in [-0.05, 0) is 22.4 Å². The van der Waals surface area contributed by atoms with E-state index in [1.807, 2.05) is 12.1 Å². The van der Waals surface area contributed by atoms with Crippen molar-refractivity contribution in [1.29, 1.82) is 0 Å². The van der Waals surface area contributed by atoms with Crippen LogP contribution in [0.25, 0.3) is 10.1 Å². The highest BCUT2D eigenvalue weighted by Crippen LogP contribution is 2.29. The number of fused-ring (bicyclic) bond motifs is 1. The van der Waals surface area contributed by atoms with E-state index in [9.17, 15) is 5.11 Å². The second kappa shape index (κ2) is 4.52. The van der Waals surface area contributed by atoms with Gasteiger partial charge < -0.3 is 5.11 Å². The van der Waals surface area contributed by atoms with Gasteiger partial charge in [-0.15, -0.1) is 11.3 Å². The lowest BCUT2D eigenvalue weighted by Crippen LogP contribution is -2.01. The van der Waals surface area contributed by atoms with Crippen LogP contribution in [0.5, 0.6) is 0 Å². The van der Waals surface area contributed by atoms with Crippen LogP contribution in [0.15, 0.2) is 35.8 Å². The third-order valence-corrected chi connectivity index (χ3v) is 4.20. The first-order valence-electron chi connectivity index (χ1n) is 5.25. The molecule has 1 aromatic carbocycles. The molecule has 3 rings (SSSR count). The molecule has 0 saturated heterocycles. The third kappa shape index (κ3) is 2.09. The predicted octanol–water partition coefficient (Wildman–Crippen LogP) is 3.03. The molecule has 0 spiro atoms. The van der Waals surface area contributed by atoms with Crippen LogP contribution in [0.1, 0.15) is 17.4 Å². The Labute approximate surface area is 107 Å². The zero-order chi connectivity index (χ0) is 11.7. The highest BCUT2D eigenvalue weighted by atomic mass is 32.1. The second-order valence-electron chi connectivity index (χ2n) is 3.81. The molecule has 1 N–H and O–H groups in total. The van der Waals surface area contributed by atoms with Gasteiger partial charge in [0.1, 0.15) is 11.8 Å². The summed E-state index contributed by atoms with van der Waals surface area (Å²) in [6, 6.07) is 8.24. The maximum absolute atomic E-state index is 10.0. The summed E-state index contributed by atoms with van der Waals surface area (Å²) in [4.78, 5) is 0. The van der Waals surface area contributed by atoms with E-state index in [4.69, 9.17) is 0 Å². The average molecular weight is 262 g/mol. The maximum atomic E-state index is 10.0. The highest BCUT2D eigenvalue weighted by Gasteiger charge is 2.13. The molecular formula is C12H10N2OS2. The van der Waals surface area contributed by atoms with Gasteiger partial charge in [0.15, 0.2) is 0 Å². The summed E-state index contributed by atoms with van der Waals surface area (Å²) >= 11 is 2.84.